The van der Waals surface area contributed by atoms with Gasteiger partial charge >= 0.3 is 0 Å². The Morgan fingerprint density at radius 1 is 1.56 bits per heavy atom. The molecule has 2 aromatic rings. The normalized spacial score (nSPS) is 11.8. The van der Waals surface area contributed by atoms with Crippen LogP contribution in [0.25, 0.3) is 4.96 Å². The molecule has 0 spiro atoms. The van der Waals surface area contributed by atoms with Gasteiger partial charge in [-0.25, -0.2) is 18.3 Å². The van der Waals surface area contributed by atoms with Gasteiger partial charge in [-0.15, -0.1) is 0 Å². The molecule has 0 aliphatic carbocycles. The van der Waals surface area contributed by atoms with E-state index >= 15 is 0 Å². The van der Waals surface area contributed by atoms with E-state index in [4.69, 9.17) is 9.84 Å². The molecule has 8 heteroatoms. The van der Waals surface area contributed by atoms with Crippen LogP contribution in [0.1, 0.15) is 22.8 Å². The number of fused-ring (bicyclic) bond motifs is 1. The maximum absolute atomic E-state index is 12.5. The molecule has 0 aromatic carbocycles. The summed E-state index contributed by atoms with van der Waals surface area (Å²) in [5.41, 5.74) is -0.381. The maximum atomic E-state index is 12.5. The summed E-state index contributed by atoms with van der Waals surface area (Å²) in [4.78, 5) is 4.08. The quantitative estimate of drug-likeness (QED) is 0.889. The second-order valence-corrected chi connectivity index (χ2v) is 4.07. The molecule has 0 radical (unpaired) electrons. The van der Waals surface area contributed by atoms with Crippen LogP contribution in [0.2, 0.25) is 0 Å². The van der Waals surface area contributed by atoms with Gasteiger partial charge in [0, 0.05) is 7.11 Å². The molecule has 0 saturated carbocycles. The van der Waals surface area contributed by atoms with E-state index in [1.54, 1.807) is 0 Å². The van der Waals surface area contributed by atoms with Crippen LogP contribution in [-0.2, 0) is 18.0 Å². The molecule has 88 valence electrons. The summed E-state index contributed by atoms with van der Waals surface area (Å²) in [6.45, 7) is -0.222. The van der Waals surface area contributed by atoms with Crippen LogP contribution >= 0.6 is 11.3 Å². The molecule has 1 N–H and O–H groups in total. The molecular weight excluding hydrogens is 240 g/mol. The van der Waals surface area contributed by atoms with Crippen LogP contribution in [0.4, 0.5) is 8.78 Å². The number of alkyl halides is 2. The van der Waals surface area contributed by atoms with Gasteiger partial charge in [0.05, 0.1) is 18.9 Å². The molecule has 0 aliphatic heterocycles. The molecule has 0 saturated heterocycles. The van der Waals surface area contributed by atoms with Crippen LogP contribution in [0.15, 0.2) is 0 Å². The van der Waals surface area contributed by atoms with Crippen molar-refractivity contribution >= 4 is 16.3 Å². The summed E-state index contributed by atoms with van der Waals surface area (Å²) in [6.07, 6.45) is -2.71. The van der Waals surface area contributed by atoms with Crippen molar-refractivity contribution in [3.05, 3.63) is 16.4 Å². The Morgan fingerprint density at radius 2 is 2.31 bits per heavy atom. The van der Waals surface area contributed by atoms with E-state index in [0.717, 1.165) is 11.3 Å². The first-order valence-corrected chi connectivity index (χ1v) is 5.24. The highest BCUT2D eigenvalue weighted by molar-refractivity contribution is 7.16. The number of nitrogens with zero attached hydrogens (tertiary/aromatic N) is 3. The number of rotatable bonds is 4. The summed E-state index contributed by atoms with van der Waals surface area (Å²) in [6, 6.07) is 0. The monoisotopic (exact) mass is 249 g/mol. The van der Waals surface area contributed by atoms with E-state index < -0.39 is 18.7 Å². The van der Waals surface area contributed by atoms with Crippen molar-refractivity contribution in [2.24, 2.45) is 0 Å². The van der Waals surface area contributed by atoms with Gasteiger partial charge in [-0.3, -0.25) is 0 Å². The van der Waals surface area contributed by atoms with Crippen LogP contribution in [0.5, 0.6) is 0 Å². The lowest BCUT2D eigenvalue weighted by Crippen LogP contribution is -1.99. The van der Waals surface area contributed by atoms with Crippen LogP contribution in [0.3, 0.4) is 0 Å². The number of aliphatic hydroxyl groups is 1. The smallest absolute Gasteiger partial charge is 0.282 e. The maximum Gasteiger partial charge on any atom is 0.282 e. The Labute approximate surface area is 93.3 Å². The Kier molecular flexibility index (Phi) is 3.13. The highest BCUT2D eigenvalue weighted by Gasteiger charge is 2.22. The second-order valence-electron chi connectivity index (χ2n) is 3.03. The molecule has 16 heavy (non-hydrogen) atoms. The summed E-state index contributed by atoms with van der Waals surface area (Å²) in [5, 5.41) is 13.7. The number of halogens is 2. The minimum Gasteiger partial charge on any atom is -0.390 e. The largest absolute Gasteiger partial charge is 0.390 e. The molecule has 0 atom stereocenters. The van der Waals surface area contributed by atoms with Crippen molar-refractivity contribution in [2.45, 2.75) is 19.6 Å². The summed E-state index contributed by atoms with van der Waals surface area (Å²) in [7, 11) is 1.52. The molecule has 2 aromatic heterocycles. The van der Waals surface area contributed by atoms with E-state index in [9.17, 15) is 8.78 Å². The Bertz CT molecular complexity index is 497. The number of aromatic nitrogens is 3. The topological polar surface area (TPSA) is 59.7 Å². The number of imidazole rings is 1. The van der Waals surface area contributed by atoms with E-state index in [-0.39, 0.29) is 5.69 Å². The van der Waals surface area contributed by atoms with Gasteiger partial charge in [-0.05, 0) is 0 Å². The zero-order valence-electron chi connectivity index (χ0n) is 8.35. The number of aliphatic hydroxyl groups excluding tert-OH is 1. The zero-order valence-corrected chi connectivity index (χ0v) is 9.17. The molecule has 0 bridgehead atoms. The summed E-state index contributed by atoms with van der Waals surface area (Å²) >= 11 is 1.16. The number of hydrogen-bond donors (Lipinski definition) is 1. The number of hydrogen-bond acceptors (Lipinski definition) is 5. The highest BCUT2D eigenvalue weighted by atomic mass is 32.1. The minimum atomic E-state index is -2.71. The van der Waals surface area contributed by atoms with E-state index in [1.165, 1.54) is 11.6 Å². The molecule has 0 unspecified atom stereocenters. The summed E-state index contributed by atoms with van der Waals surface area (Å²) < 4.78 is 31.2. The van der Waals surface area contributed by atoms with Crippen molar-refractivity contribution in [3.63, 3.8) is 0 Å². The van der Waals surface area contributed by atoms with Crippen LogP contribution in [0, 0.1) is 0 Å². The van der Waals surface area contributed by atoms with Gasteiger partial charge in [-0.2, -0.15) is 5.10 Å². The van der Waals surface area contributed by atoms with Crippen molar-refractivity contribution in [1.82, 2.24) is 14.6 Å². The molecular formula is C8H9F2N3O2S. The Balaban J connectivity index is 2.51. The lowest BCUT2D eigenvalue weighted by atomic mass is 10.3. The predicted octanol–water partition coefficient (Wildman–Crippen LogP) is 1.37. The first-order valence-electron chi connectivity index (χ1n) is 4.42. The van der Waals surface area contributed by atoms with Crippen molar-refractivity contribution < 1.29 is 18.6 Å². The fourth-order valence-corrected chi connectivity index (χ4v) is 2.24. The van der Waals surface area contributed by atoms with E-state index in [2.05, 4.69) is 10.1 Å². The fourth-order valence-electron chi connectivity index (χ4n) is 1.35. The first-order chi connectivity index (χ1) is 7.67. The lowest BCUT2D eigenvalue weighted by Gasteiger charge is -1.97. The Morgan fingerprint density at radius 3 is 2.88 bits per heavy atom. The summed E-state index contributed by atoms with van der Waals surface area (Å²) in [5.74, 6) is 0. The van der Waals surface area contributed by atoms with E-state index in [0.29, 0.717) is 16.6 Å². The standard InChI is InChI=1S/C8H9F2N3O2S/c1-15-3-5-12-13-4(2-14)6(7(9)10)11-8(13)16-5/h7,14H,2-3H2,1H3. The van der Waals surface area contributed by atoms with Gasteiger partial charge in [0.25, 0.3) is 6.43 Å². The van der Waals surface area contributed by atoms with Gasteiger partial charge < -0.3 is 9.84 Å². The molecule has 0 amide bonds. The molecule has 5 nitrogen and oxygen atoms in total. The molecule has 0 fully saturated rings. The third-order valence-electron chi connectivity index (χ3n) is 1.99. The fraction of sp³-hybridized carbons (Fsp3) is 0.500. The zero-order chi connectivity index (χ0) is 11.7. The SMILES string of the molecule is COCc1nn2c(CO)c(C(F)F)nc2s1. The predicted molar refractivity (Wildman–Crippen MR) is 52.5 cm³/mol. The highest BCUT2D eigenvalue weighted by Crippen LogP contribution is 2.26. The van der Waals surface area contributed by atoms with Crippen LogP contribution < -0.4 is 0 Å². The van der Waals surface area contributed by atoms with Crippen molar-refractivity contribution in [1.29, 1.82) is 0 Å². The third-order valence-corrected chi connectivity index (χ3v) is 2.88. The van der Waals surface area contributed by atoms with Crippen molar-refractivity contribution in [3.8, 4) is 0 Å². The van der Waals surface area contributed by atoms with Crippen molar-refractivity contribution in [2.75, 3.05) is 7.11 Å². The van der Waals surface area contributed by atoms with Gasteiger partial charge in [0.15, 0.2) is 0 Å². The van der Waals surface area contributed by atoms with Gasteiger partial charge in [0.2, 0.25) is 4.96 Å². The minimum absolute atomic E-state index is 0.0311. The van der Waals surface area contributed by atoms with Crippen LogP contribution in [-0.4, -0.2) is 26.8 Å². The Hall–Kier alpha value is -1.12. The van der Waals surface area contributed by atoms with Gasteiger partial charge in [0.1, 0.15) is 10.7 Å². The molecule has 2 rings (SSSR count). The molecule has 2 heterocycles. The number of ether oxygens (including phenoxy) is 1. The van der Waals surface area contributed by atoms with Gasteiger partial charge in [-0.1, -0.05) is 11.3 Å². The number of methoxy groups -OCH3 is 1. The average molecular weight is 249 g/mol. The second kappa shape index (κ2) is 4.40. The third kappa shape index (κ3) is 1.79. The lowest BCUT2D eigenvalue weighted by molar-refractivity contribution is 0.142. The van der Waals surface area contributed by atoms with E-state index in [1.807, 2.05) is 0 Å². The average Bonchev–Trinajstić information content (AvgIpc) is 2.74. The molecule has 0 aliphatic rings. The first kappa shape index (κ1) is 11.4.